The van der Waals surface area contributed by atoms with E-state index in [9.17, 15) is 9.59 Å². The summed E-state index contributed by atoms with van der Waals surface area (Å²) < 4.78 is 0. The molecule has 0 aliphatic heterocycles. The van der Waals surface area contributed by atoms with Gasteiger partial charge in [-0.2, -0.15) is 0 Å². The Kier molecular flexibility index (Phi) is 10.3. The quantitative estimate of drug-likeness (QED) is 0.265. The number of halogens is 2. The summed E-state index contributed by atoms with van der Waals surface area (Å²) >= 11 is 13.1. The van der Waals surface area contributed by atoms with Crippen LogP contribution in [-0.4, -0.2) is 28.8 Å². The fourth-order valence-electron chi connectivity index (χ4n) is 5.34. The minimum Gasteiger partial charge on any atom is -0.352 e. The predicted molar refractivity (Wildman–Crippen MR) is 165 cm³/mol. The number of amides is 2. The zero-order valence-electron chi connectivity index (χ0n) is 23.8. The van der Waals surface area contributed by atoms with Crippen LogP contribution in [0.5, 0.6) is 0 Å². The Hall–Kier alpha value is -2.82. The topological polar surface area (TPSA) is 49.4 Å². The first-order chi connectivity index (χ1) is 19.1. The van der Waals surface area contributed by atoms with Gasteiger partial charge in [0, 0.05) is 41.0 Å². The summed E-state index contributed by atoms with van der Waals surface area (Å²) in [7, 11) is 0. The third-order valence-corrected chi connectivity index (χ3v) is 8.52. The molecular weight excluding hydrogens is 539 g/mol. The first-order valence-corrected chi connectivity index (χ1v) is 15.0. The Morgan fingerprint density at radius 2 is 1.50 bits per heavy atom. The Morgan fingerprint density at radius 1 is 0.875 bits per heavy atom. The summed E-state index contributed by atoms with van der Waals surface area (Å²) in [5, 5.41) is 4.21. The molecule has 0 unspecified atom stereocenters. The molecule has 1 atom stereocenters. The Bertz CT molecular complexity index is 1260. The van der Waals surface area contributed by atoms with E-state index in [1.165, 1.54) is 5.56 Å². The maximum atomic E-state index is 14.0. The molecule has 3 aromatic carbocycles. The Balaban J connectivity index is 1.62. The SMILES string of the molecule is CC(C)(C)c1ccc(CCC(=O)N(Cc2c(Cl)cccc2Cl)[C@H](Cc2ccccc2)C(=O)NC2CCCC2)cc1. The number of hydrogen-bond donors (Lipinski definition) is 1. The number of hydrogen-bond acceptors (Lipinski definition) is 2. The second-order valence-electron chi connectivity index (χ2n) is 11.9. The minimum absolute atomic E-state index is 0.0662. The molecule has 6 heteroatoms. The van der Waals surface area contributed by atoms with E-state index in [1.807, 2.05) is 30.3 Å². The molecule has 0 heterocycles. The van der Waals surface area contributed by atoms with Crippen LogP contribution in [0.25, 0.3) is 0 Å². The maximum Gasteiger partial charge on any atom is 0.243 e. The third-order valence-electron chi connectivity index (χ3n) is 7.81. The Morgan fingerprint density at radius 3 is 2.10 bits per heavy atom. The van der Waals surface area contributed by atoms with Gasteiger partial charge in [0.25, 0.3) is 0 Å². The van der Waals surface area contributed by atoms with Crippen LogP contribution in [0.2, 0.25) is 10.0 Å². The normalized spacial score (nSPS) is 14.6. The summed E-state index contributed by atoms with van der Waals surface area (Å²) in [6.07, 6.45) is 5.43. The lowest BCUT2D eigenvalue weighted by Crippen LogP contribution is -2.52. The van der Waals surface area contributed by atoms with Crippen molar-refractivity contribution in [2.75, 3.05) is 0 Å². The van der Waals surface area contributed by atoms with E-state index in [4.69, 9.17) is 23.2 Å². The number of nitrogens with one attached hydrogen (secondary N) is 1. The van der Waals surface area contributed by atoms with Crippen LogP contribution in [0, 0.1) is 0 Å². The molecule has 1 aliphatic rings. The van der Waals surface area contributed by atoms with Crippen molar-refractivity contribution in [3.63, 3.8) is 0 Å². The lowest BCUT2D eigenvalue weighted by molar-refractivity contribution is -0.141. The largest absolute Gasteiger partial charge is 0.352 e. The fraction of sp³-hybridized carbons (Fsp3) is 0.412. The molecule has 1 aliphatic carbocycles. The zero-order chi connectivity index (χ0) is 28.7. The van der Waals surface area contributed by atoms with E-state index in [-0.39, 0.29) is 36.2 Å². The standard InChI is InChI=1S/C34H40Cl2N2O2/c1-34(2,3)26-19-16-24(17-20-26)18-21-32(39)38(23-28-29(35)14-9-15-30(28)36)31(22-25-10-5-4-6-11-25)33(40)37-27-12-7-8-13-27/h4-6,9-11,14-17,19-20,27,31H,7-8,12-13,18,21-23H2,1-3H3,(H,37,40)/t31-/m1/s1. The number of carbonyl (C=O) groups excluding carboxylic acids is 2. The maximum absolute atomic E-state index is 14.0. The van der Waals surface area contributed by atoms with E-state index in [0.29, 0.717) is 28.5 Å². The van der Waals surface area contributed by atoms with Gasteiger partial charge in [-0.15, -0.1) is 0 Å². The van der Waals surface area contributed by atoms with Gasteiger partial charge in [-0.3, -0.25) is 9.59 Å². The van der Waals surface area contributed by atoms with Crippen LogP contribution >= 0.6 is 23.2 Å². The second kappa shape index (κ2) is 13.7. The third kappa shape index (κ3) is 8.11. The van der Waals surface area contributed by atoms with Crippen molar-refractivity contribution in [2.45, 2.75) is 89.8 Å². The number of carbonyl (C=O) groups is 2. The van der Waals surface area contributed by atoms with Crippen molar-refractivity contribution in [3.05, 3.63) is 105 Å². The summed E-state index contributed by atoms with van der Waals surface area (Å²) in [6, 6.07) is 23.1. The zero-order valence-corrected chi connectivity index (χ0v) is 25.3. The molecular formula is C34H40Cl2N2O2. The van der Waals surface area contributed by atoms with Crippen molar-refractivity contribution < 1.29 is 9.59 Å². The molecule has 212 valence electrons. The van der Waals surface area contributed by atoms with Crippen molar-refractivity contribution >= 4 is 35.0 Å². The smallest absolute Gasteiger partial charge is 0.243 e. The molecule has 0 radical (unpaired) electrons. The monoisotopic (exact) mass is 578 g/mol. The van der Waals surface area contributed by atoms with E-state index in [0.717, 1.165) is 36.8 Å². The average molecular weight is 580 g/mol. The van der Waals surface area contributed by atoms with Gasteiger partial charge in [0.15, 0.2) is 0 Å². The molecule has 1 fully saturated rings. The number of benzene rings is 3. The summed E-state index contributed by atoms with van der Waals surface area (Å²) in [4.78, 5) is 29.5. The second-order valence-corrected chi connectivity index (χ2v) is 12.7. The first kappa shape index (κ1) is 30.1. The van der Waals surface area contributed by atoms with Crippen LogP contribution in [0.4, 0.5) is 0 Å². The van der Waals surface area contributed by atoms with Gasteiger partial charge in [0.05, 0.1) is 0 Å². The van der Waals surface area contributed by atoms with Gasteiger partial charge in [-0.05, 0) is 53.5 Å². The van der Waals surface area contributed by atoms with E-state index in [2.05, 4.69) is 50.4 Å². The van der Waals surface area contributed by atoms with E-state index < -0.39 is 6.04 Å². The average Bonchev–Trinajstić information content (AvgIpc) is 3.44. The highest BCUT2D eigenvalue weighted by Gasteiger charge is 2.32. The van der Waals surface area contributed by atoms with Crippen LogP contribution in [-0.2, 0) is 34.4 Å². The van der Waals surface area contributed by atoms with Gasteiger partial charge >= 0.3 is 0 Å². The number of nitrogens with zero attached hydrogens (tertiary/aromatic N) is 1. The molecule has 3 aromatic rings. The van der Waals surface area contributed by atoms with Crippen LogP contribution in [0.15, 0.2) is 72.8 Å². The highest BCUT2D eigenvalue weighted by molar-refractivity contribution is 6.36. The molecule has 1 N–H and O–H groups in total. The summed E-state index contributed by atoms with van der Waals surface area (Å²) in [5.74, 6) is -0.222. The molecule has 1 saturated carbocycles. The van der Waals surface area contributed by atoms with Gasteiger partial charge in [0.1, 0.15) is 6.04 Å². The highest BCUT2D eigenvalue weighted by atomic mass is 35.5. The molecule has 0 saturated heterocycles. The van der Waals surface area contributed by atoms with Crippen molar-refractivity contribution in [3.8, 4) is 0 Å². The van der Waals surface area contributed by atoms with Crippen LogP contribution in [0.1, 0.15) is 75.1 Å². The molecule has 0 aromatic heterocycles. The van der Waals surface area contributed by atoms with Crippen LogP contribution < -0.4 is 5.32 Å². The van der Waals surface area contributed by atoms with Crippen LogP contribution in [0.3, 0.4) is 0 Å². The van der Waals surface area contributed by atoms with Gasteiger partial charge < -0.3 is 10.2 Å². The van der Waals surface area contributed by atoms with Crippen molar-refractivity contribution in [1.29, 1.82) is 0 Å². The fourth-order valence-corrected chi connectivity index (χ4v) is 5.86. The number of aryl methyl sites for hydroxylation is 1. The van der Waals surface area contributed by atoms with E-state index in [1.54, 1.807) is 23.1 Å². The van der Waals surface area contributed by atoms with Crippen molar-refractivity contribution in [2.24, 2.45) is 0 Å². The highest BCUT2D eigenvalue weighted by Crippen LogP contribution is 2.28. The predicted octanol–water partition coefficient (Wildman–Crippen LogP) is 7.92. The molecule has 4 rings (SSSR count). The summed E-state index contributed by atoms with van der Waals surface area (Å²) in [6.45, 7) is 6.72. The van der Waals surface area contributed by atoms with E-state index >= 15 is 0 Å². The summed E-state index contributed by atoms with van der Waals surface area (Å²) in [5.41, 5.74) is 4.06. The van der Waals surface area contributed by atoms with Gasteiger partial charge in [-0.1, -0.05) is 117 Å². The lowest BCUT2D eigenvalue weighted by Gasteiger charge is -2.33. The number of rotatable bonds is 10. The lowest BCUT2D eigenvalue weighted by atomic mass is 9.86. The van der Waals surface area contributed by atoms with Gasteiger partial charge in [0.2, 0.25) is 11.8 Å². The molecule has 40 heavy (non-hydrogen) atoms. The first-order valence-electron chi connectivity index (χ1n) is 14.3. The van der Waals surface area contributed by atoms with Crippen molar-refractivity contribution in [1.82, 2.24) is 10.2 Å². The molecule has 0 spiro atoms. The minimum atomic E-state index is -0.689. The van der Waals surface area contributed by atoms with Gasteiger partial charge in [-0.25, -0.2) is 0 Å². The molecule has 4 nitrogen and oxygen atoms in total. The Labute approximate surface area is 249 Å². The molecule has 0 bridgehead atoms. The molecule has 2 amide bonds.